The molecule has 0 fully saturated rings. The largest absolute Gasteiger partial charge is 0.484 e. The third-order valence-electron chi connectivity index (χ3n) is 4.70. The Hall–Kier alpha value is -3.83. The van der Waals surface area contributed by atoms with E-state index in [-0.39, 0.29) is 17.4 Å². The van der Waals surface area contributed by atoms with Gasteiger partial charge in [-0.2, -0.15) is 0 Å². The molecule has 1 heterocycles. The summed E-state index contributed by atoms with van der Waals surface area (Å²) in [6, 6.07) is 24.2. The number of aromatic nitrogens is 3. The van der Waals surface area contributed by atoms with Crippen molar-refractivity contribution in [3.05, 3.63) is 84.9 Å². The Kier molecular flexibility index (Phi) is 8.01. The van der Waals surface area contributed by atoms with Gasteiger partial charge >= 0.3 is 0 Å². The first-order valence-corrected chi connectivity index (χ1v) is 13.1. The standard InChI is InChI=1S/C24H23N5O4S2/c30-22(25-15-16-34-24-26-23(27-28-24)18-7-3-1-4-8-18)17-33-20-11-13-21(14-12-20)35(31,32)29-19-9-5-2-6-10-19/h1-14,29H,15-17H2,(H,25,30)(H,26,27,28). The Morgan fingerprint density at radius 1 is 0.943 bits per heavy atom. The van der Waals surface area contributed by atoms with Crippen LogP contribution in [0, 0.1) is 0 Å². The highest BCUT2D eigenvalue weighted by Gasteiger charge is 2.14. The van der Waals surface area contributed by atoms with Gasteiger partial charge in [0.25, 0.3) is 15.9 Å². The lowest BCUT2D eigenvalue weighted by molar-refractivity contribution is -0.122. The average molecular weight is 510 g/mol. The van der Waals surface area contributed by atoms with E-state index in [4.69, 9.17) is 4.74 Å². The zero-order valence-corrected chi connectivity index (χ0v) is 20.2. The number of hydrogen-bond donors (Lipinski definition) is 3. The van der Waals surface area contributed by atoms with Crippen LogP contribution in [0.1, 0.15) is 0 Å². The minimum Gasteiger partial charge on any atom is -0.484 e. The maximum atomic E-state index is 12.5. The van der Waals surface area contributed by atoms with E-state index < -0.39 is 10.0 Å². The molecule has 35 heavy (non-hydrogen) atoms. The molecule has 4 rings (SSSR count). The average Bonchev–Trinajstić information content (AvgIpc) is 3.36. The number of amides is 1. The summed E-state index contributed by atoms with van der Waals surface area (Å²) in [4.78, 5) is 16.6. The van der Waals surface area contributed by atoms with E-state index in [1.54, 1.807) is 30.3 Å². The second kappa shape index (κ2) is 11.5. The Labute approximate surface area is 207 Å². The third kappa shape index (κ3) is 7.08. The maximum Gasteiger partial charge on any atom is 0.261 e. The molecule has 9 nitrogen and oxygen atoms in total. The normalized spacial score (nSPS) is 11.1. The number of H-pyrrole nitrogens is 1. The summed E-state index contributed by atoms with van der Waals surface area (Å²) in [5, 5.41) is 10.5. The number of ether oxygens (including phenoxy) is 1. The van der Waals surface area contributed by atoms with Crippen LogP contribution in [0.2, 0.25) is 0 Å². The summed E-state index contributed by atoms with van der Waals surface area (Å²) in [7, 11) is -3.71. The number of hydrogen-bond acceptors (Lipinski definition) is 7. The van der Waals surface area contributed by atoms with Gasteiger partial charge in [0.05, 0.1) is 4.90 Å². The highest BCUT2D eigenvalue weighted by Crippen LogP contribution is 2.20. The molecule has 0 radical (unpaired) electrons. The number of sulfonamides is 1. The predicted molar refractivity (Wildman–Crippen MR) is 135 cm³/mol. The lowest BCUT2D eigenvalue weighted by Gasteiger charge is -2.10. The van der Waals surface area contributed by atoms with E-state index in [0.29, 0.717) is 34.7 Å². The Morgan fingerprint density at radius 3 is 2.34 bits per heavy atom. The Bertz CT molecular complexity index is 1350. The van der Waals surface area contributed by atoms with E-state index in [2.05, 4.69) is 25.2 Å². The molecule has 1 aromatic heterocycles. The summed E-state index contributed by atoms with van der Waals surface area (Å²) in [6.07, 6.45) is 0. The van der Waals surface area contributed by atoms with Gasteiger partial charge in [-0.25, -0.2) is 13.4 Å². The van der Waals surface area contributed by atoms with Crippen LogP contribution in [0.5, 0.6) is 5.75 Å². The number of rotatable bonds is 11. The molecule has 0 spiro atoms. The summed E-state index contributed by atoms with van der Waals surface area (Å²) >= 11 is 1.42. The van der Waals surface area contributed by atoms with Crippen LogP contribution in [0.4, 0.5) is 5.69 Å². The summed E-state index contributed by atoms with van der Waals surface area (Å²) in [5.41, 5.74) is 1.43. The lowest BCUT2D eigenvalue weighted by atomic mass is 10.2. The molecule has 4 aromatic rings. The number of nitrogens with one attached hydrogen (secondary N) is 3. The number of anilines is 1. The van der Waals surface area contributed by atoms with Crippen LogP contribution in [0.15, 0.2) is 95.0 Å². The smallest absolute Gasteiger partial charge is 0.261 e. The molecule has 0 unspecified atom stereocenters. The number of para-hydroxylation sites is 1. The van der Waals surface area contributed by atoms with Crippen LogP contribution in [-0.2, 0) is 14.8 Å². The van der Waals surface area contributed by atoms with Crippen molar-refractivity contribution in [1.82, 2.24) is 20.5 Å². The molecule has 3 aromatic carbocycles. The van der Waals surface area contributed by atoms with Crippen molar-refractivity contribution < 1.29 is 17.9 Å². The molecule has 0 saturated heterocycles. The van der Waals surface area contributed by atoms with Crippen LogP contribution in [0.3, 0.4) is 0 Å². The van der Waals surface area contributed by atoms with Crippen molar-refractivity contribution in [3.63, 3.8) is 0 Å². The van der Waals surface area contributed by atoms with Crippen LogP contribution < -0.4 is 14.8 Å². The van der Waals surface area contributed by atoms with E-state index in [9.17, 15) is 13.2 Å². The minimum atomic E-state index is -3.71. The molecule has 0 bridgehead atoms. The van der Waals surface area contributed by atoms with Gasteiger partial charge in [0, 0.05) is 23.5 Å². The first-order valence-electron chi connectivity index (χ1n) is 10.7. The van der Waals surface area contributed by atoms with Crippen molar-refractivity contribution in [2.75, 3.05) is 23.6 Å². The van der Waals surface area contributed by atoms with Gasteiger partial charge in [-0.3, -0.25) is 14.6 Å². The SMILES string of the molecule is O=C(COc1ccc(S(=O)(=O)Nc2ccccc2)cc1)NCCSc1n[nH]c(-c2ccccc2)n1. The van der Waals surface area contributed by atoms with Gasteiger partial charge in [-0.05, 0) is 36.4 Å². The van der Waals surface area contributed by atoms with E-state index in [1.807, 2.05) is 30.3 Å². The highest BCUT2D eigenvalue weighted by atomic mass is 32.2. The molecule has 1 amide bonds. The van der Waals surface area contributed by atoms with Gasteiger partial charge in [0.1, 0.15) is 5.75 Å². The summed E-state index contributed by atoms with van der Waals surface area (Å²) < 4.78 is 32.9. The second-order valence-electron chi connectivity index (χ2n) is 7.26. The Balaban J connectivity index is 1.18. The van der Waals surface area contributed by atoms with Crippen LogP contribution >= 0.6 is 11.8 Å². The number of nitrogens with zero attached hydrogens (tertiary/aromatic N) is 2. The van der Waals surface area contributed by atoms with Crippen LogP contribution in [0.25, 0.3) is 11.4 Å². The zero-order chi connectivity index (χ0) is 24.5. The molecular weight excluding hydrogens is 486 g/mol. The fraction of sp³-hybridized carbons (Fsp3) is 0.125. The van der Waals surface area contributed by atoms with Crippen molar-refractivity contribution in [1.29, 1.82) is 0 Å². The topological polar surface area (TPSA) is 126 Å². The zero-order valence-electron chi connectivity index (χ0n) is 18.5. The minimum absolute atomic E-state index is 0.0950. The molecule has 0 aliphatic rings. The summed E-state index contributed by atoms with van der Waals surface area (Å²) in [5.74, 6) is 1.40. The highest BCUT2D eigenvalue weighted by molar-refractivity contribution is 7.99. The molecule has 0 aliphatic heterocycles. The van der Waals surface area contributed by atoms with Gasteiger partial charge < -0.3 is 10.1 Å². The number of thioether (sulfide) groups is 1. The van der Waals surface area contributed by atoms with E-state index in [1.165, 1.54) is 36.0 Å². The fourth-order valence-corrected chi connectivity index (χ4v) is 4.72. The molecule has 3 N–H and O–H groups in total. The quantitative estimate of drug-likeness (QED) is 0.208. The van der Waals surface area contributed by atoms with Gasteiger partial charge in [0.15, 0.2) is 12.4 Å². The fourth-order valence-electron chi connectivity index (χ4n) is 3.00. The van der Waals surface area contributed by atoms with Gasteiger partial charge in [-0.1, -0.05) is 60.3 Å². The number of aromatic amines is 1. The first-order chi connectivity index (χ1) is 17.0. The number of carbonyl (C=O) groups excluding carboxylic acids is 1. The predicted octanol–water partition coefficient (Wildman–Crippen LogP) is 3.56. The van der Waals surface area contributed by atoms with Crippen molar-refractivity contribution >= 4 is 33.4 Å². The van der Waals surface area contributed by atoms with Crippen LogP contribution in [-0.4, -0.2) is 48.4 Å². The summed E-state index contributed by atoms with van der Waals surface area (Å²) in [6.45, 7) is 0.238. The monoisotopic (exact) mass is 509 g/mol. The molecule has 180 valence electrons. The second-order valence-corrected chi connectivity index (χ2v) is 10.0. The van der Waals surface area contributed by atoms with E-state index >= 15 is 0 Å². The maximum absolute atomic E-state index is 12.5. The lowest BCUT2D eigenvalue weighted by Crippen LogP contribution is -2.30. The van der Waals surface area contributed by atoms with Crippen molar-refractivity contribution in [3.8, 4) is 17.1 Å². The molecule has 0 aliphatic carbocycles. The van der Waals surface area contributed by atoms with Crippen molar-refractivity contribution in [2.24, 2.45) is 0 Å². The van der Waals surface area contributed by atoms with Gasteiger partial charge in [0.2, 0.25) is 5.16 Å². The first kappa shape index (κ1) is 24.3. The van der Waals surface area contributed by atoms with Crippen molar-refractivity contribution in [2.45, 2.75) is 10.1 Å². The Morgan fingerprint density at radius 2 is 1.63 bits per heavy atom. The molecule has 11 heteroatoms. The molecular formula is C24H23N5O4S2. The number of benzene rings is 3. The van der Waals surface area contributed by atoms with Gasteiger partial charge in [-0.15, -0.1) is 5.10 Å². The molecule has 0 atom stereocenters. The van der Waals surface area contributed by atoms with E-state index in [0.717, 1.165) is 5.56 Å². The molecule has 0 saturated carbocycles. The number of carbonyl (C=O) groups is 1. The third-order valence-corrected chi connectivity index (χ3v) is 6.94.